The van der Waals surface area contributed by atoms with Crippen LogP contribution >= 0.6 is 15.8 Å². The van der Waals surface area contributed by atoms with Gasteiger partial charge in [-0.25, -0.2) is 0 Å². The van der Waals surface area contributed by atoms with Crippen LogP contribution in [0.5, 0.6) is 0 Å². The smallest absolute Gasteiger partial charge is 0.366 e. The van der Waals surface area contributed by atoms with Gasteiger partial charge >= 0.3 is 44.8 Å². The maximum absolute atomic E-state index is 7.35. The predicted octanol–water partition coefficient (Wildman–Crippen LogP) is 13.6. The van der Waals surface area contributed by atoms with Crippen molar-refractivity contribution in [3.63, 3.8) is 0 Å². The third-order valence-electron chi connectivity index (χ3n) is 11.4. The fourth-order valence-electron chi connectivity index (χ4n) is 8.29. The molecule has 0 saturated heterocycles. The zero-order chi connectivity index (χ0) is 43.8. The summed E-state index contributed by atoms with van der Waals surface area (Å²) < 4.78 is 0. The minimum atomic E-state index is -0.783. The van der Waals surface area contributed by atoms with Crippen molar-refractivity contribution in [3.05, 3.63) is 279 Å². The van der Waals surface area contributed by atoms with Crippen molar-refractivity contribution in [2.24, 2.45) is 0 Å². The Morgan fingerprint density at radius 2 is 0.530 bits per heavy atom. The molecule has 0 spiro atoms. The molecule has 0 aliphatic heterocycles. The summed E-state index contributed by atoms with van der Waals surface area (Å²) in [4.78, 5) is 0. The van der Waals surface area contributed by atoms with Crippen molar-refractivity contribution in [2.45, 2.75) is 0 Å². The molecule has 4 heteroatoms. The zero-order valence-corrected chi connectivity index (χ0v) is 42.6. The number of fused-ring (bicyclic) bond motifs is 2. The number of hydrogen-bond donors (Lipinski definition) is 0. The van der Waals surface area contributed by atoms with Gasteiger partial charge in [0.1, 0.15) is 12.3 Å². The van der Waals surface area contributed by atoms with E-state index in [-0.39, 0.29) is 44.8 Å². The van der Waals surface area contributed by atoms with Crippen molar-refractivity contribution in [1.29, 1.82) is 0 Å². The van der Waals surface area contributed by atoms with E-state index in [4.69, 9.17) is 12.8 Å². The topological polar surface area (TPSA) is 0 Å². The Morgan fingerprint density at radius 3 is 0.818 bits per heavy atom. The van der Waals surface area contributed by atoms with Crippen LogP contribution < -0.4 is 21.2 Å². The van der Waals surface area contributed by atoms with Gasteiger partial charge in [0, 0.05) is 0 Å². The quantitative estimate of drug-likeness (QED) is 0.0585. The second-order valence-corrected chi connectivity index (χ2v) is 20.5. The molecule has 0 aliphatic carbocycles. The molecule has 0 fully saturated rings. The summed E-state index contributed by atoms with van der Waals surface area (Å²) in [7, 11) is -1.57. The normalized spacial score (nSPS) is 10.2. The molecule has 10 aromatic carbocycles. The minimum Gasteiger partial charge on any atom is -0.366 e. The molecule has 0 atom stereocenters. The van der Waals surface area contributed by atoms with Crippen molar-refractivity contribution >= 4 is 58.6 Å². The first kappa shape index (κ1) is 49.6. The van der Waals surface area contributed by atoms with Gasteiger partial charge in [-0.1, -0.05) is 205 Å². The van der Waals surface area contributed by atoms with Gasteiger partial charge in [0.2, 0.25) is 0 Å². The number of hydrogen-bond acceptors (Lipinski definition) is 0. The van der Waals surface area contributed by atoms with Gasteiger partial charge in [0.05, 0.1) is 37.1 Å². The van der Waals surface area contributed by atoms with E-state index in [9.17, 15) is 0 Å². The van der Waals surface area contributed by atoms with Crippen LogP contribution in [0, 0.1) is 24.7 Å². The fraction of sp³-hybridized carbons (Fsp3) is 0.0323. The number of rotatable bonds is 9. The average Bonchev–Trinajstić information content (AvgIpc) is 3.39. The molecule has 0 bridgehead atoms. The van der Waals surface area contributed by atoms with Crippen LogP contribution in [0.1, 0.15) is 11.1 Å². The van der Waals surface area contributed by atoms with E-state index < -0.39 is 15.8 Å². The SMILES string of the molecule is [Au+].[Au+].[C-]#Cc1cccc2c(-c3ccccc3)cccc12.[C-]#Cc1cccc2c(-c3ccccc3)cccc12.c1ccc([PH+](CC[PH+](c2ccccc2)c2ccccc2)c2ccccc2)cc1. The van der Waals surface area contributed by atoms with E-state index >= 15 is 0 Å². The first-order valence-corrected chi connectivity index (χ1v) is 25.1. The minimum absolute atomic E-state index is 0. The van der Waals surface area contributed by atoms with Crippen molar-refractivity contribution in [3.8, 4) is 34.1 Å². The van der Waals surface area contributed by atoms with Gasteiger partial charge in [-0.2, -0.15) is 0 Å². The van der Waals surface area contributed by atoms with E-state index in [2.05, 4.69) is 182 Å². The van der Waals surface area contributed by atoms with E-state index in [0.29, 0.717) is 0 Å². The van der Waals surface area contributed by atoms with Crippen LogP contribution in [-0.2, 0) is 44.8 Å². The average molecular weight is 1250 g/mol. The van der Waals surface area contributed by atoms with Gasteiger partial charge in [-0.3, -0.25) is 11.8 Å². The first-order valence-electron chi connectivity index (χ1n) is 21.6. The van der Waals surface area contributed by atoms with Gasteiger partial charge in [0.15, 0.2) is 0 Å². The van der Waals surface area contributed by atoms with Crippen LogP contribution in [0.4, 0.5) is 0 Å². The number of benzene rings is 10. The molecule has 0 amide bonds. The van der Waals surface area contributed by atoms with Crippen molar-refractivity contribution in [1.82, 2.24) is 0 Å². The molecule has 0 N–H and O–H groups in total. The summed E-state index contributed by atoms with van der Waals surface area (Å²) in [6, 6.07) is 89.5. The summed E-state index contributed by atoms with van der Waals surface area (Å²) in [6.45, 7) is 0. The Labute approximate surface area is 425 Å². The summed E-state index contributed by atoms with van der Waals surface area (Å²) in [5.74, 6) is 5.00. The zero-order valence-electron chi connectivity index (χ0n) is 36.3. The van der Waals surface area contributed by atoms with Crippen LogP contribution in [0.25, 0.3) is 43.8 Å². The van der Waals surface area contributed by atoms with E-state index in [1.165, 1.54) is 66.6 Å². The molecule has 0 nitrogen and oxygen atoms in total. The van der Waals surface area contributed by atoms with Crippen molar-refractivity contribution < 1.29 is 44.8 Å². The molecule has 326 valence electrons. The van der Waals surface area contributed by atoms with Gasteiger partial charge in [0.25, 0.3) is 0 Å². The third kappa shape index (κ3) is 12.5. The molecule has 0 saturated carbocycles. The Balaban J connectivity index is 0.000000167. The molecule has 0 heterocycles. The van der Waals surface area contributed by atoms with Crippen LogP contribution in [-0.4, -0.2) is 12.3 Å². The molecule has 0 aliphatic rings. The van der Waals surface area contributed by atoms with Gasteiger partial charge < -0.3 is 12.8 Å². The van der Waals surface area contributed by atoms with E-state index in [1.807, 2.05) is 84.9 Å². The maximum atomic E-state index is 7.35. The fourth-order valence-corrected chi connectivity index (χ4v) is 14.5. The molecular formula is C62H48Au2P2+2. The van der Waals surface area contributed by atoms with Crippen molar-refractivity contribution in [2.75, 3.05) is 12.3 Å². The Bertz CT molecular complexity index is 2820. The third-order valence-corrected chi connectivity index (χ3v) is 17.5. The molecule has 0 unspecified atom stereocenters. The van der Waals surface area contributed by atoms with E-state index in [0.717, 1.165) is 21.9 Å². The standard InChI is InChI=1S/C26H24P2.2C18H11.2Au/c1-5-13-23(14-6-1)27(24-15-7-2-8-16-24)21-22-28(25-17-9-3-10-18-25)26-19-11-4-12-20-26;2*1-2-14-10-6-13-18-16(14)11-7-12-17(18)15-8-4-3-5-9-15;;/h1-20H,21-22H2;2*3-13H;;/q;2*-1;2*+1/p+2. The summed E-state index contributed by atoms with van der Waals surface area (Å²) >= 11 is 0. The molecule has 0 radical (unpaired) electrons. The monoisotopic (exact) mass is 1250 g/mol. The van der Waals surface area contributed by atoms with Gasteiger partial charge in [-0.05, 0) is 81.6 Å². The molecule has 0 aromatic heterocycles. The Morgan fingerprint density at radius 1 is 0.273 bits per heavy atom. The largest absolute Gasteiger partial charge is 1.00 e. The van der Waals surface area contributed by atoms with Crippen LogP contribution in [0.15, 0.2) is 255 Å². The summed E-state index contributed by atoms with van der Waals surface area (Å²) in [5.41, 5.74) is 6.47. The maximum Gasteiger partial charge on any atom is 1.00 e. The van der Waals surface area contributed by atoms with Gasteiger partial charge in [-0.15, -0.1) is 23.3 Å². The second-order valence-electron chi connectivity index (χ2n) is 15.3. The second kappa shape index (κ2) is 25.8. The molecule has 66 heavy (non-hydrogen) atoms. The Kier molecular flexibility index (Phi) is 19.4. The summed E-state index contributed by atoms with van der Waals surface area (Å²) in [6.07, 6.45) is 17.2. The van der Waals surface area contributed by atoms with Crippen LogP contribution in [0.3, 0.4) is 0 Å². The Hall–Kier alpha value is -5.82. The molecule has 10 rings (SSSR count). The first-order chi connectivity index (χ1) is 31.7. The van der Waals surface area contributed by atoms with Crippen LogP contribution in [0.2, 0.25) is 0 Å². The molecule has 10 aromatic rings. The molecular weight excluding hydrogens is 1200 g/mol. The predicted molar refractivity (Wildman–Crippen MR) is 282 cm³/mol. The summed E-state index contributed by atoms with van der Waals surface area (Å²) in [5, 5.41) is 10.6. The van der Waals surface area contributed by atoms with E-state index in [1.54, 1.807) is 0 Å².